The van der Waals surface area contributed by atoms with Crippen molar-refractivity contribution in [3.8, 4) is 6.07 Å². The van der Waals surface area contributed by atoms with Crippen molar-refractivity contribution in [3.05, 3.63) is 64.8 Å². The summed E-state index contributed by atoms with van der Waals surface area (Å²) in [4.78, 5) is 12.1. The molecule has 0 saturated carbocycles. The van der Waals surface area contributed by atoms with E-state index >= 15 is 0 Å². The molecule has 134 valence electrons. The van der Waals surface area contributed by atoms with Crippen LogP contribution < -0.4 is 15.8 Å². The van der Waals surface area contributed by atoms with Gasteiger partial charge in [0, 0.05) is 22.6 Å². The molecule has 0 heterocycles. The lowest BCUT2D eigenvalue weighted by Gasteiger charge is -2.07. The fraction of sp³-hybridized carbons (Fsp3) is 0.0588. The number of carbonyl (C=O) groups is 1. The van der Waals surface area contributed by atoms with E-state index in [-0.39, 0.29) is 10.5 Å². The molecule has 26 heavy (non-hydrogen) atoms. The van der Waals surface area contributed by atoms with Crippen LogP contribution in [0, 0.1) is 18.3 Å². The second-order valence-corrected chi connectivity index (χ2v) is 7.27. The molecule has 1 amide bonds. The van der Waals surface area contributed by atoms with Crippen LogP contribution in [-0.4, -0.2) is 14.3 Å². The molecular formula is C17H15ClN4O3S. The molecule has 9 heteroatoms. The number of hydrogen-bond donors (Lipinski definition) is 3. The normalized spacial score (nSPS) is 11.5. The van der Waals surface area contributed by atoms with Crippen molar-refractivity contribution in [2.24, 2.45) is 5.14 Å². The maximum atomic E-state index is 12.2. The smallest absolute Gasteiger partial charge is 0.267 e. The molecule has 2 rings (SSSR count). The van der Waals surface area contributed by atoms with Gasteiger partial charge in [-0.3, -0.25) is 4.79 Å². The van der Waals surface area contributed by atoms with Gasteiger partial charge in [0.05, 0.1) is 4.90 Å². The number of nitrogens with one attached hydrogen (secondary N) is 2. The lowest BCUT2D eigenvalue weighted by Crippen LogP contribution is -2.15. The van der Waals surface area contributed by atoms with Crippen molar-refractivity contribution in [2.75, 3.05) is 10.6 Å². The van der Waals surface area contributed by atoms with Crippen LogP contribution in [-0.2, 0) is 14.8 Å². The number of nitriles is 1. The Morgan fingerprint density at radius 1 is 1.19 bits per heavy atom. The molecule has 2 aromatic rings. The molecule has 0 radical (unpaired) electrons. The van der Waals surface area contributed by atoms with Gasteiger partial charge in [-0.05, 0) is 48.9 Å². The van der Waals surface area contributed by atoms with Crippen molar-refractivity contribution in [2.45, 2.75) is 11.8 Å². The number of halogens is 1. The highest BCUT2D eigenvalue weighted by Crippen LogP contribution is 2.20. The van der Waals surface area contributed by atoms with Gasteiger partial charge in [0.25, 0.3) is 5.91 Å². The second-order valence-electron chi connectivity index (χ2n) is 5.30. The Labute approximate surface area is 156 Å². The summed E-state index contributed by atoms with van der Waals surface area (Å²) in [5, 5.41) is 20.1. The van der Waals surface area contributed by atoms with Crippen LogP contribution in [0.2, 0.25) is 5.02 Å². The fourth-order valence-corrected chi connectivity index (χ4v) is 2.61. The Morgan fingerprint density at radius 3 is 2.35 bits per heavy atom. The molecule has 0 saturated heterocycles. The molecule has 0 bridgehead atoms. The van der Waals surface area contributed by atoms with E-state index in [4.69, 9.17) is 22.0 Å². The predicted octanol–water partition coefficient (Wildman–Crippen LogP) is 2.75. The number of primary sulfonamides is 1. The summed E-state index contributed by atoms with van der Waals surface area (Å²) in [7, 11) is -3.81. The van der Waals surface area contributed by atoms with Gasteiger partial charge in [-0.15, -0.1) is 0 Å². The first-order valence-corrected chi connectivity index (χ1v) is 9.20. The van der Waals surface area contributed by atoms with Gasteiger partial charge in [0.1, 0.15) is 11.6 Å². The lowest BCUT2D eigenvalue weighted by molar-refractivity contribution is -0.112. The molecule has 0 fully saturated rings. The van der Waals surface area contributed by atoms with Crippen LogP contribution in [0.25, 0.3) is 0 Å². The van der Waals surface area contributed by atoms with Gasteiger partial charge >= 0.3 is 0 Å². The van der Waals surface area contributed by atoms with Crippen LogP contribution >= 0.6 is 11.6 Å². The minimum atomic E-state index is -3.81. The number of benzene rings is 2. The quantitative estimate of drug-likeness (QED) is 0.534. The first kappa shape index (κ1) is 19.5. The van der Waals surface area contributed by atoms with E-state index in [0.29, 0.717) is 16.4 Å². The van der Waals surface area contributed by atoms with Crippen LogP contribution in [0.4, 0.5) is 11.4 Å². The molecule has 0 aromatic heterocycles. The summed E-state index contributed by atoms with van der Waals surface area (Å²) in [6.07, 6.45) is 1.26. The molecule has 0 aliphatic carbocycles. The van der Waals surface area contributed by atoms with Crippen molar-refractivity contribution >= 4 is 38.9 Å². The molecule has 0 aliphatic rings. The minimum absolute atomic E-state index is 0.0792. The first-order chi connectivity index (χ1) is 12.2. The van der Waals surface area contributed by atoms with Crippen molar-refractivity contribution in [1.29, 1.82) is 5.26 Å². The highest BCUT2D eigenvalue weighted by molar-refractivity contribution is 7.89. The van der Waals surface area contributed by atoms with E-state index in [1.54, 1.807) is 24.3 Å². The standard InChI is InChI=1S/C17H15ClN4O3S/c1-11-2-3-14(8-16(11)18)21-10-12(9-19)17(23)22-13-4-6-15(7-5-13)26(20,24)25/h2-8,10,21H,1H3,(H,22,23)(H2,20,24,25)/b12-10-. The highest BCUT2D eigenvalue weighted by Gasteiger charge is 2.11. The van der Waals surface area contributed by atoms with E-state index in [9.17, 15) is 13.2 Å². The van der Waals surface area contributed by atoms with Crippen molar-refractivity contribution in [1.82, 2.24) is 0 Å². The van der Waals surface area contributed by atoms with Gasteiger partial charge in [0.2, 0.25) is 10.0 Å². The first-order valence-electron chi connectivity index (χ1n) is 7.28. The Hall–Kier alpha value is -2.86. The van der Waals surface area contributed by atoms with E-state index in [1.807, 2.05) is 6.92 Å². The van der Waals surface area contributed by atoms with Crippen LogP contribution in [0.1, 0.15) is 5.56 Å². The average Bonchev–Trinajstić information content (AvgIpc) is 2.58. The van der Waals surface area contributed by atoms with Crippen molar-refractivity contribution in [3.63, 3.8) is 0 Å². The minimum Gasteiger partial charge on any atom is -0.360 e. The molecule has 4 N–H and O–H groups in total. The van der Waals surface area contributed by atoms with E-state index in [0.717, 1.165) is 5.56 Å². The number of nitrogens with zero attached hydrogens (tertiary/aromatic N) is 1. The number of anilines is 2. The third kappa shape index (κ3) is 5.07. The maximum absolute atomic E-state index is 12.2. The SMILES string of the molecule is Cc1ccc(N/C=C(/C#N)C(=O)Nc2ccc(S(N)(=O)=O)cc2)cc1Cl. The van der Waals surface area contributed by atoms with Gasteiger partial charge < -0.3 is 10.6 Å². The summed E-state index contributed by atoms with van der Waals surface area (Å²) in [5.74, 6) is -0.651. The van der Waals surface area contributed by atoms with Gasteiger partial charge in [-0.25, -0.2) is 13.6 Å². The van der Waals surface area contributed by atoms with E-state index in [1.165, 1.54) is 30.5 Å². The summed E-state index contributed by atoms with van der Waals surface area (Å²) in [5.41, 5.74) is 1.68. The third-order valence-electron chi connectivity index (χ3n) is 3.36. The zero-order valence-electron chi connectivity index (χ0n) is 13.7. The molecule has 2 aromatic carbocycles. The summed E-state index contributed by atoms with van der Waals surface area (Å²) < 4.78 is 22.4. The number of aryl methyl sites for hydroxylation is 1. The highest BCUT2D eigenvalue weighted by atomic mass is 35.5. The molecule has 0 unspecified atom stereocenters. The van der Waals surface area contributed by atoms with Crippen LogP contribution in [0.3, 0.4) is 0 Å². The summed E-state index contributed by atoms with van der Waals surface area (Å²) in [6, 6.07) is 12.3. The number of rotatable bonds is 5. The largest absolute Gasteiger partial charge is 0.360 e. The monoisotopic (exact) mass is 390 g/mol. The Balaban J connectivity index is 2.10. The average molecular weight is 391 g/mol. The van der Waals surface area contributed by atoms with Gasteiger partial charge in [-0.1, -0.05) is 17.7 Å². The fourth-order valence-electron chi connectivity index (χ4n) is 1.91. The molecule has 0 aliphatic heterocycles. The predicted molar refractivity (Wildman–Crippen MR) is 100.0 cm³/mol. The summed E-state index contributed by atoms with van der Waals surface area (Å²) in [6.45, 7) is 1.86. The topological polar surface area (TPSA) is 125 Å². The zero-order chi connectivity index (χ0) is 19.3. The molecule has 0 atom stereocenters. The zero-order valence-corrected chi connectivity index (χ0v) is 15.2. The number of amides is 1. The van der Waals surface area contributed by atoms with E-state index in [2.05, 4.69) is 10.6 Å². The molecular weight excluding hydrogens is 376 g/mol. The Kier molecular flexibility index (Phi) is 6.00. The van der Waals surface area contributed by atoms with Crippen molar-refractivity contribution < 1.29 is 13.2 Å². The third-order valence-corrected chi connectivity index (χ3v) is 4.70. The van der Waals surface area contributed by atoms with Crippen LogP contribution in [0.15, 0.2) is 59.1 Å². The molecule has 0 spiro atoms. The van der Waals surface area contributed by atoms with Gasteiger partial charge in [-0.2, -0.15) is 5.26 Å². The van der Waals surface area contributed by atoms with Gasteiger partial charge in [0.15, 0.2) is 0 Å². The number of hydrogen-bond acceptors (Lipinski definition) is 5. The second kappa shape index (κ2) is 8.01. The lowest BCUT2D eigenvalue weighted by atomic mass is 10.2. The Bertz CT molecular complexity index is 1010. The van der Waals surface area contributed by atoms with Crippen LogP contribution in [0.5, 0.6) is 0 Å². The Morgan fingerprint density at radius 2 is 1.81 bits per heavy atom. The summed E-state index contributed by atoms with van der Waals surface area (Å²) >= 11 is 6.02. The van der Waals surface area contributed by atoms with E-state index < -0.39 is 15.9 Å². The number of sulfonamides is 1. The number of nitrogens with two attached hydrogens (primary N) is 1. The molecule has 7 nitrogen and oxygen atoms in total. The maximum Gasteiger partial charge on any atom is 0.267 e. The number of carbonyl (C=O) groups excluding carboxylic acids is 1.